The fourth-order valence-corrected chi connectivity index (χ4v) is 2.91. The molecule has 0 radical (unpaired) electrons. The van der Waals surface area contributed by atoms with Crippen LogP contribution < -0.4 is 0 Å². The molecule has 0 aromatic rings. The number of hydrogen-bond acceptors (Lipinski definition) is 13. The van der Waals surface area contributed by atoms with Gasteiger partial charge in [0, 0.05) is 0 Å². The Balaban J connectivity index is 2.25. The number of esters is 1. The summed E-state index contributed by atoms with van der Waals surface area (Å²) in [4.78, 5) is 11.7. The molecule has 0 bridgehead atoms. The first-order chi connectivity index (χ1) is 13.1. The molecule has 2 aliphatic rings. The van der Waals surface area contributed by atoms with E-state index in [9.17, 15) is 45.6 Å². The molecule has 28 heavy (non-hydrogen) atoms. The third-order valence-corrected chi connectivity index (χ3v) is 4.55. The van der Waals surface area contributed by atoms with Crippen molar-refractivity contribution in [1.29, 1.82) is 0 Å². The molecular weight excluding hydrogens is 388 g/mol. The molecule has 0 spiro atoms. The molecule has 2 fully saturated rings. The normalized spacial score (nSPS) is 45.5. The zero-order chi connectivity index (χ0) is 21.2. The standard InChI is InChI=1S/C15H26O13/c1-4(18)13(23)27-12-8(20)7(19)5(2-16)26-15(12)28-11-6(3-17)25-14(24)10(22)9(11)21/h4-12,14-22,24H,2-3H2,1H3/t4?,5-,6-,7+,8+,9-,10-,11-,12-,14-,15+/m1/s1. The molecule has 164 valence electrons. The Morgan fingerprint density at radius 2 is 1.46 bits per heavy atom. The lowest BCUT2D eigenvalue weighted by atomic mass is 9.97. The Labute approximate surface area is 159 Å². The lowest BCUT2D eigenvalue weighted by Gasteiger charge is -2.46. The Kier molecular flexibility index (Phi) is 8.06. The second-order valence-electron chi connectivity index (χ2n) is 6.61. The summed E-state index contributed by atoms with van der Waals surface area (Å²) in [6, 6.07) is 0. The summed E-state index contributed by atoms with van der Waals surface area (Å²) in [5, 5.41) is 77.6. The van der Waals surface area contributed by atoms with Crippen molar-refractivity contribution in [3.63, 3.8) is 0 Å². The van der Waals surface area contributed by atoms with Gasteiger partial charge in [-0.25, -0.2) is 4.79 Å². The number of carbonyl (C=O) groups excluding carboxylic acids is 1. The number of aliphatic hydroxyl groups is 8. The molecule has 0 saturated carbocycles. The molecule has 0 aromatic carbocycles. The summed E-state index contributed by atoms with van der Waals surface area (Å²) in [7, 11) is 0. The van der Waals surface area contributed by atoms with Crippen LogP contribution in [0, 0.1) is 0 Å². The van der Waals surface area contributed by atoms with Gasteiger partial charge in [0.1, 0.15) is 48.8 Å². The summed E-state index contributed by atoms with van der Waals surface area (Å²) in [6.45, 7) is -0.395. The molecule has 13 heteroatoms. The van der Waals surface area contributed by atoms with Crippen LogP contribution in [0.4, 0.5) is 0 Å². The minimum absolute atomic E-state index is 0.745. The van der Waals surface area contributed by atoms with E-state index in [-0.39, 0.29) is 0 Å². The van der Waals surface area contributed by atoms with E-state index < -0.39 is 86.7 Å². The van der Waals surface area contributed by atoms with Crippen molar-refractivity contribution in [3.8, 4) is 0 Å². The van der Waals surface area contributed by atoms with E-state index in [0.717, 1.165) is 6.92 Å². The number of ether oxygens (including phenoxy) is 4. The van der Waals surface area contributed by atoms with Crippen molar-refractivity contribution in [3.05, 3.63) is 0 Å². The minimum atomic E-state index is -1.81. The molecule has 0 aromatic heterocycles. The molecule has 11 atom stereocenters. The van der Waals surface area contributed by atoms with E-state index in [0.29, 0.717) is 0 Å². The van der Waals surface area contributed by atoms with Crippen molar-refractivity contribution in [2.24, 2.45) is 0 Å². The Hall–Kier alpha value is -0.970. The fraction of sp³-hybridized carbons (Fsp3) is 0.933. The van der Waals surface area contributed by atoms with Crippen molar-refractivity contribution >= 4 is 5.97 Å². The van der Waals surface area contributed by atoms with Gasteiger partial charge in [0.05, 0.1) is 13.2 Å². The first-order valence-corrected chi connectivity index (χ1v) is 8.59. The molecule has 13 nitrogen and oxygen atoms in total. The monoisotopic (exact) mass is 414 g/mol. The van der Waals surface area contributed by atoms with Gasteiger partial charge in [-0.05, 0) is 6.92 Å². The van der Waals surface area contributed by atoms with Gasteiger partial charge >= 0.3 is 5.97 Å². The van der Waals surface area contributed by atoms with Gasteiger partial charge in [-0.2, -0.15) is 0 Å². The second-order valence-corrected chi connectivity index (χ2v) is 6.61. The van der Waals surface area contributed by atoms with Gasteiger partial charge in [0.2, 0.25) is 0 Å². The first kappa shape index (κ1) is 23.3. The largest absolute Gasteiger partial charge is 0.452 e. The molecule has 1 unspecified atom stereocenters. The highest BCUT2D eigenvalue weighted by Gasteiger charge is 2.52. The lowest BCUT2D eigenvalue weighted by Crippen LogP contribution is -2.65. The maximum atomic E-state index is 11.7. The van der Waals surface area contributed by atoms with Crippen LogP contribution in [0.1, 0.15) is 6.92 Å². The van der Waals surface area contributed by atoms with Crippen LogP contribution in [0.5, 0.6) is 0 Å². The van der Waals surface area contributed by atoms with Crippen LogP contribution in [0.15, 0.2) is 0 Å². The zero-order valence-corrected chi connectivity index (χ0v) is 14.9. The summed E-state index contributed by atoms with van der Waals surface area (Å²) in [5.41, 5.74) is 0. The second kappa shape index (κ2) is 9.69. The van der Waals surface area contributed by atoms with Crippen molar-refractivity contribution in [2.45, 2.75) is 74.4 Å². The minimum Gasteiger partial charge on any atom is -0.452 e. The van der Waals surface area contributed by atoms with Gasteiger partial charge in [-0.3, -0.25) is 0 Å². The first-order valence-electron chi connectivity index (χ1n) is 8.59. The fourth-order valence-electron chi connectivity index (χ4n) is 2.91. The Morgan fingerprint density at radius 3 is 2.00 bits per heavy atom. The van der Waals surface area contributed by atoms with Crippen LogP contribution in [-0.2, 0) is 23.7 Å². The van der Waals surface area contributed by atoms with E-state index in [4.69, 9.17) is 18.9 Å². The zero-order valence-electron chi connectivity index (χ0n) is 14.9. The summed E-state index contributed by atoms with van der Waals surface area (Å²) >= 11 is 0. The van der Waals surface area contributed by atoms with Gasteiger partial charge in [0.15, 0.2) is 18.7 Å². The Morgan fingerprint density at radius 1 is 0.893 bits per heavy atom. The molecule has 2 rings (SSSR count). The topological polar surface area (TPSA) is 216 Å². The van der Waals surface area contributed by atoms with E-state index in [1.807, 2.05) is 0 Å². The maximum absolute atomic E-state index is 11.7. The smallest absolute Gasteiger partial charge is 0.335 e. The molecule has 2 saturated heterocycles. The summed E-state index contributed by atoms with van der Waals surface area (Å²) in [5.74, 6) is -1.18. The van der Waals surface area contributed by atoms with E-state index >= 15 is 0 Å². The van der Waals surface area contributed by atoms with E-state index in [1.165, 1.54) is 0 Å². The van der Waals surface area contributed by atoms with Crippen molar-refractivity contribution < 1.29 is 64.6 Å². The molecule has 0 amide bonds. The van der Waals surface area contributed by atoms with E-state index in [2.05, 4.69) is 0 Å². The van der Waals surface area contributed by atoms with Gasteiger partial charge in [-0.1, -0.05) is 0 Å². The highest BCUT2D eigenvalue weighted by atomic mass is 16.7. The third kappa shape index (κ3) is 4.77. The van der Waals surface area contributed by atoms with Crippen LogP contribution in [0.25, 0.3) is 0 Å². The average Bonchev–Trinajstić information content (AvgIpc) is 2.66. The quantitative estimate of drug-likeness (QED) is 0.191. The predicted molar refractivity (Wildman–Crippen MR) is 84.2 cm³/mol. The number of aliphatic hydroxyl groups excluding tert-OH is 8. The third-order valence-electron chi connectivity index (χ3n) is 4.55. The highest BCUT2D eigenvalue weighted by Crippen LogP contribution is 2.30. The lowest BCUT2D eigenvalue weighted by molar-refractivity contribution is -0.356. The Bertz CT molecular complexity index is 514. The average molecular weight is 414 g/mol. The highest BCUT2D eigenvalue weighted by molar-refractivity contribution is 5.74. The summed E-state index contributed by atoms with van der Waals surface area (Å²) < 4.78 is 20.6. The van der Waals surface area contributed by atoms with Crippen LogP contribution >= 0.6 is 0 Å². The van der Waals surface area contributed by atoms with E-state index in [1.54, 1.807) is 0 Å². The molecule has 2 aliphatic heterocycles. The van der Waals surface area contributed by atoms with Crippen LogP contribution in [-0.4, -0.2) is 128 Å². The van der Waals surface area contributed by atoms with Gasteiger partial charge < -0.3 is 59.8 Å². The van der Waals surface area contributed by atoms with Gasteiger partial charge in [0.25, 0.3) is 0 Å². The number of hydrogen-bond donors (Lipinski definition) is 8. The molecule has 8 N–H and O–H groups in total. The van der Waals surface area contributed by atoms with Crippen molar-refractivity contribution in [2.75, 3.05) is 13.2 Å². The van der Waals surface area contributed by atoms with Crippen molar-refractivity contribution in [1.82, 2.24) is 0 Å². The molecule has 2 heterocycles. The molecule has 0 aliphatic carbocycles. The predicted octanol–water partition coefficient (Wildman–Crippen LogP) is -5.47. The SMILES string of the molecule is CC(O)C(=O)O[C@H]1[C@H](O[C@H]2[C@H](O)[C@@H](O)[C@H](O)O[C@@H]2CO)O[C@H](CO)[C@H](O)[C@@H]1O. The summed E-state index contributed by atoms with van der Waals surface area (Å²) in [6.07, 6.45) is -18.0. The maximum Gasteiger partial charge on any atom is 0.335 e. The molecular formula is C15H26O13. The van der Waals surface area contributed by atoms with Gasteiger partial charge in [-0.15, -0.1) is 0 Å². The van der Waals surface area contributed by atoms with Crippen LogP contribution in [0.3, 0.4) is 0 Å². The van der Waals surface area contributed by atoms with Crippen LogP contribution in [0.2, 0.25) is 0 Å². The number of rotatable bonds is 6. The number of carbonyl (C=O) groups is 1.